The van der Waals surface area contributed by atoms with E-state index in [1.165, 1.54) is 0 Å². The Morgan fingerprint density at radius 1 is 1.50 bits per heavy atom. The van der Waals surface area contributed by atoms with Crippen molar-refractivity contribution in [3.8, 4) is 0 Å². The molecule has 1 saturated heterocycles. The Balaban J connectivity index is 2.49. The fraction of sp³-hybridized carbons (Fsp3) is 1.00. The van der Waals surface area contributed by atoms with Crippen LogP contribution in [-0.2, 0) is 9.47 Å². The fourth-order valence-corrected chi connectivity index (χ4v) is 1.82. The lowest BCUT2D eigenvalue weighted by Gasteiger charge is -2.33. The van der Waals surface area contributed by atoms with Gasteiger partial charge >= 0.3 is 0 Å². The molecule has 4 heteroatoms. The summed E-state index contributed by atoms with van der Waals surface area (Å²) < 4.78 is 11.4. The molecule has 0 amide bonds. The Morgan fingerprint density at radius 2 is 2.14 bits per heavy atom. The summed E-state index contributed by atoms with van der Waals surface area (Å²) in [4.78, 5) is 0. The molecule has 14 heavy (non-hydrogen) atoms. The van der Waals surface area contributed by atoms with Crippen molar-refractivity contribution < 1.29 is 9.47 Å². The molecule has 77 valence electrons. The Morgan fingerprint density at radius 3 is 2.57 bits per heavy atom. The van der Waals surface area contributed by atoms with E-state index >= 15 is 0 Å². The van der Waals surface area contributed by atoms with E-state index in [-0.39, 0.29) is 18.2 Å². The topological polar surface area (TPSA) is 18.5 Å². The van der Waals surface area contributed by atoms with Crippen molar-refractivity contribution in [2.45, 2.75) is 64.1 Å². The van der Waals surface area contributed by atoms with Crippen molar-refractivity contribution in [3.05, 3.63) is 0 Å². The highest BCUT2D eigenvalue weighted by Crippen LogP contribution is 2.31. The van der Waals surface area contributed by atoms with Crippen molar-refractivity contribution in [2.24, 2.45) is 0 Å². The van der Waals surface area contributed by atoms with Crippen LogP contribution < -0.4 is 0 Å². The van der Waals surface area contributed by atoms with Crippen LogP contribution in [0.15, 0.2) is 0 Å². The quantitative estimate of drug-likeness (QED) is 0.630. The van der Waals surface area contributed by atoms with E-state index in [9.17, 15) is 0 Å². The molecule has 0 bridgehead atoms. The lowest BCUT2D eigenvalue weighted by Crippen LogP contribution is -2.44. The van der Waals surface area contributed by atoms with Crippen LogP contribution in [-0.4, -0.2) is 38.8 Å². The normalized spacial score (nSPS) is 34.8. The Kier molecular flexibility index (Phi) is 4.08. The summed E-state index contributed by atoms with van der Waals surface area (Å²) in [7, 11) is 8.20. The number of ether oxygens (including phenoxy) is 2. The predicted octanol–water partition coefficient (Wildman–Crippen LogP) is 1.55. The van der Waals surface area contributed by atoms with Crippen molar-refractivity contribution in [1.82, 2.24) is 0 Å². The van der Waals surface area contributed by atoms with Crippen LogP contribution in [0.25, 0.3) is 0 Å². The maximum Gasteiger partial charge on any atom is 0.146 e. The van der Waals surface area contributed by atoms with Gasteiger partial charge < -0.3 is 9.47 Å². The summed E-state index contributed by atoms with van der Waals surface area (Å²) in [5.41, 5.74) is -0.596. The Hall–Kier alpha value is 0.0499. The maximum absolute atomic E-state index is 6.15. The van der Waals surface area contributed by atoms with Crippen molar-refractivity contribution in [2.75, 3.05) is 0 Å². The summed E-state index contributed by atoms with van der Waals surface area (Å²) in [6, 6.07) is 0.193. The summed E-state index contributed by atoms with van der Waals surface area (Å²) in [5, 5.41) is 0. The first-order valence-corrected chi connectivity index (χ1v) is 5.39. The smallest absolute Gasteiger partial charge is 0.146 e. The van der Waals surface area contributed by atoms with Crippen molar-refractivity contribution in [1.29, 1.82) is 0 Å². The van der Waals surface area contributed by atoms with E-state index < -0.39 is 5.50 Å². The zero-order valence-electron chi connectivity index (χ0n) is 9.62. The molecular formula is C10H19B2O2. The first-order chi connectivity index (χ1) is 6.48. The first-order valence-electron chi connectivity index (χ1n) is 5.39. The molecule has 0 N–H and O–H groups in total. The summed E-state index contributed by atoms with van der Waals surface area (Å²) >= 11 is 0. The molecular weight excluding hydrogens is 174 g/mol. The second-order valence-electron chi connectivity index (χ2n) is 4.31. The molecule has 1 fully saturated rings. The molecule has 2 unspecified atom stereocenters. The van der Waals surface area contributed by atoms with E-state index in [1.54, 1.807) is 0 Å². The van der Waals surface area contributed by atoms with Crippen LogP contribution in [0.3, 0.4) is 0 Å². The molecule has 1 heterocycles. The van der Waals surface area contributed by atoms with Crippen LogP contribution in [0, 0.1) is 0 Å². The standard InChI is InChI=1S/C10H19B2O2/c1-7(2)13-8(3)10(11)6-5-9(12-4)14-10/h7-9H,5-6H2,1-4H3/t8?,9?,10-/m0/s1. The van der Waals surface area contributed by atoms with E-state index in [0.29, 0.717) is 0 Å². The predicted molar refractivity (Wildman–Crippen MR) is 59.9 cm³/mol. The molecule has 1 aliphatic rings. The van der Waals surface area contributed by atoms with E-state index in [2.05, 4.69) is 7.28 Å². The van der Waals surface area contributed by atoms with Gasteiger partial charge in [0, 0.05) is 6.00 Å². The molecule has 1 aliphatic heterocycles. The molecule has 3 atom stereocenters. The summed E-state index contributed by atoms with van der Waals surface area (Å²) in [5.74, 6) is 0. The SMILES string of the molecule is [B][C@@]1(C(C)OC(C)C)CCC([B]C)O1. The van der Waals surface area contributed by atoms with Gasteiger partial charge in [0.2, 0.25) is 0 Å². The second-order valence-corrected chi connectivity index (χ2v) is 4.31. The zero-order valence-corrected chi connectivity index (χ0v) is 9.62. The molecule has 0 aliphatic carbocycles. The van der Waals surface area contributed by atoms with Gasteiger partial charge in [-0.1, -0.05) is 6.82 Å². The molecule has 0 aromatic heterocycles. The molecule has 2 nitrogen and oxygen atoms in total. The van der Waals surface area contributed by atoms with Crippen molar-refractivity contribution in [3.63, 3.8) is 0 Å². The van der Waals surface area contributed by atoms with Gasteiger partial charge in [0.25, 0.3) is 0 Å². The minimum atomic E-state index is -0.596. The highest BCUT2D eigenvalue weighted by molar-refractivity contribution is 6.35. The first kappa shape index (κ1) is 12.1. The van der Waals surface area contributed by atoms with Gasteiger partial charge in [-0.2, -0.15) is 0 Å². The lowest BCUT2D eigenvalue weighted by atomic mass is 9.72. The van der Waals surface area contributed by atoms with Crippen LogP contribution in [0.4, 0.5) is 0 Å². The van der Waals surface area contributed by atoms with Crippen LogP contribution in [0.2, 0.25) is 6.82 Å². The summed E-state index contributed by atoms with van der Waals surface area (Å²) in [6.45, 7) is 8.01. The maximum atomic E-state index is 6.15. The largest absolute Gasteiger partial charge is 0.388 e. The lowest BCUT2D eigenvalue weighted by molar-refractivity contribution is -0.0915. The minimum absolute atomic E-state index is 0.0487. The van der Waals surface area contributed by atoms with E-state index in [1.807, 2.05) is 27.6 Å². The van der Waals surface area contributed by atoms with Gasteiger partial charge in [-0.15, -0.1) is 0 Å². The zero-order chi connectivity index (χ0) is 10.8. The van der Waals surface area contributed by atoms with Gasteiger partial charge in [0.15, 0.2) is 0 Å². The minimum Gasteiger partial charge on any atom is -0.388 e. The molecule has 3 radical (unpaired) electrons. The van der Waals surface area contributed by atoms with Gasteiger partial charge in [-0.25, -0.2) is 0 Å². The number of hydrogen-bond donors (Lipinski definition) is 0. The Bertz CT molecular complexity index is 187. The second kappa shape index (κ2) is 4.71. The van der Waals surface area contributed by atoms with Crippen LogP contribution >= 0.6 is 0 Å². The van der Waals surface area contributed by atoms with Crippen LogP contribution in [0.1, 0.15) is 33.6 Å². The monoisotopic (exact) mass is 193 g/mol. The highest BCUT2D eigenvalue weighted by atomic mass is 16.6. The third kappa shape index (κ3) is 2.77. The van der Waals surface area contributed by atoms with E-state index in [4.69, 9.17) is 17.3 Å². The summed E-state index contributed by atoms with van der Waals surface area (Å²) in [6.07, 6.45) is 2.01. The average molecular weight is 193 g/mol. The van der Waals surface area contributed by atoms with Crippen molar-refractivity contribution >= 4 is 15.1 Å². The molecule has 0 aromatic carbocycles. The van der Waals surface area contributed by atoms with Crippen LogP contribution in [0.5, 0.6) is 0 Å². The van der Waals surface area contributed by atoms with Gasteiger partial charge in [0.05, 0.1) is 17.7 Å². The molecule has 0 spiro atoms. The third-order valence-corrected chi connectivity index (χ3v) is 2.73. The van der Waals surface area contributed by atoms with Gasteiger partial charge in [0.1, 0.15) is 15.1 Å². The van der Waals surface area contributed by atoms with E-state index in [0.717, 1.165) is 12.8 Å². The number of hydrogen-bond acceptors (Lipinski definition) is 2. The third-order valence-electron chi connectivity index (χ3n) is 2.73. The van der Waals surface area contributed by atoms with Gasteiger partial charge in [-0.05, 0) is 33.6 Å². The Labute approximate surface area is 89.4 Å². The van der Waals surface area contributed by atoms with Gasteiger partial charge in [-0.3, -0.25) is 0 Å². The molecule has 0 aromatic rings. The fourth-order valence-electron chi connectivity index (χ4n) is 1.82. The highest BCUT2D eigenvalue weighted by Gasteiger charge is 2.39. The molecule has 1 rings (SSSR count). The molecule has 0 saturated carbocycles. The number of rotatable bonds is 4. The average Bonchev–Trinajstić information content (AvgIpc) is 2.48.